The van der Waals surface area contributed by atoms with Crippen LogP contribution in [-0.4, -0.2) is 33.8 Å². The van der Waals surface area contributed by atoms with Crippen LogP contribution in [0.25, 0.3) is 0 Å². The Hall–Kier alpha value is -1.56. The van der Waals surface area contributed by atoms with Crippen LogP contribution in [0, 0.1) is 5.92 Å². The highest BCUT2D eigenvalue weighted by Crippen LogP contribution is 2.25. The Kier molecular flexibility index (Phi) is 5.45. The predicted octanol–water partition coefficient (Wildman–Crippen LogP) is 2.20. The van der Waals surface area contributed by atoms with Gasteiger partial charge in [-0.05, 0) is 39.5 Å². The molecule has 124 valence electrons. The summed E-state index contributed by atoms with van der Waals surface area (Å²) < 4.78 is 7.31. The summed E-state index contributed by atoms with van der Waals surface area (Å²) in [5.74, 6) is 1.48. The molecule has 2 rings (SSSR count). The third-order valence-corrected chi connectivity index (χ3v) is 4.01. The molecule has 1 fully saturated rings. The van der Waals surface area contributed by atoms with Gasteiger partial charge in [-0.15, -0.1) is 0 Å². The van der Waals surface area contributed by atoms with Crippen molar-refractivity contribution in [3.05, 3.63) is 18.2 Å². The lowest BCUT2D eigenvalue weighted by molar-refractivity contribution is 0.0517. The summed E-state index contributed by atoms with van der Waals surface area (Å²) in [6.07, 6.45) is 6.90. The fourth-order valence-corrected chi connectivity index (χ4v) is 2.87. The summed E-state index contributed by atoms with van der Waals surface area (Å²) in [6, 6.07) is 0.423. The summed E-state index contributed by atoms with van der Waals surface area (Å²) in [7, 11) is 2.00. The zero-order chi connectivity index (χ0) is 16.2. The van der Waals surface area contributed by atoms with Crippen LogP contribution in [0.15, 0.2) is 12.4 Å². The first-order valence-electron chi connectivity index (χ1n) is 8.01. The Bertz CT molecular complexity index is 493. The maximum Gasteiger partial charge on any atom is 0.407 e. The zero-order valence-corrected chi connectivity index (χ0v) is 14.1. The van der Waals surface area contributed by atoms with Crippen LogP contribution in [-0.2, 0) is 18.3 Å². The number of rotatable bonds is 5. The lowest BCUT2D eigenvalue weighted by Gasteiger charge is -2.23. The normalized spacial score (nSPS) is 21.8. The molecule has 1 aliphatic rings. The van der Waals surface area contributed by atoms with E-state index in [0.717, 1.165) is 25.2 Å². The maximum atomic E-state index is 11.7. The maximum absolute atomic E-state index is 11.7. The van der Waals surface area contributed by atoms with Gasteiger partial charge >= 0.3 is 6.09 Å². The second-order valence-corrected chi connectivity index (χ2v) is 7.02. The van der Waals surface area contributed by atoms with Gasteiger partial charge in [0.25, 0.3) is 0 Å². The standard InChI is InChI=1S/C16H28N4O2/c1-16(2,3)22-15(21)19-10-12-6-5-7-13(12)18-11-14-17-8-9-20(14)4/h8-9,12-13,18H,5-7,10-11H2,1-4H3,(H,19,21). The molecule has 0 aromatic carbocycles. The molecule has 6 nitrogen and oxygen atoms in total. The van der Waals surface area contributed by atoms with E-state index in [1.807, 2.05) is 44.8 Å². The van der Waals surface area contributed by atoms with E-state index in [1.165, 1.54) is 6.42 Å². The largest absolute Gasteiger partial charge is 0.444 e. The van der Waals surface area contributed by atoms with Gasteiger partial charge in [0.15, 0.2) is 0 Å². The van der Waals surface area contributed by atoms with E-state index in [4.69, 9.17) is 4.74 Å². The molecule has 1 aromatic rings. The number of nitrogens with one attached hydrogen (secondary N) is 2. The van der Waals surface area contributed by atoms with E-state index in [1.54, 1.807) is 0 Å². The molecule has 1 heterocycles. The quantitative estimate of drug-likeness (QED) is 0.875. The second kappa shape index (κ2) is 7.13. The van der Waals surface area contributed by atoms with Gasteiger partial charge in [-0.25, -0.2) is 9.78 Å². The molecule has 1 aliphatic carbocycles. The Labute approximate surface area is 132 Å². The van der Waals surface area contributed by atoms with Crippen molar-refractivity contribution in [1.29, 1.82) is 0 Å². The summed E-state index contributed by atoms with van der Waals surface area (Å²) >= 11 is 0. The zero-order valence-electron chi connectivity index (χ0n) is 14.1. The lowest BCUT2D eigenvalue weighted by Crippen LogP contribution is -2.41. The minimum atomic E-state index is -0.449. The van der Waals surface area contributed by atoms with Crippen LogP contribution in [0.3, 0.4) is 0 Å². The van der Waals surface area contributed by atoms with Crippen molar-refractivity contribution < 1.29 is 9.53 Å². The average Bonchev–Trinajstić information content (AvgIpc) is 3.00. The first-order chi connectivity index (χ1) is 10.3. The Morgan fingerprint density at radius 3 is 2.86 bits per heavy atom. The van der Waals surface area contributed by atoms with Crippen molar-refractivity contribution in [2.24, 2.45) is 13.0 Å². The molecule has 2 N–H and O–H groups in total. The van der Waals surface area contributed by atoms with E-state index in [2.05, 4.69) is 15.6 Å². The summed E-state index contributed by atoms with van der Waals surface area (Å²) in [5, 5.41) is 6.47. The number of aryl methyl sites for hydroxylation is 1. The van der Waals surface area contributed by atoms with Crippen molar-refractivity contribution in [2.75, 3.05) is 6.54 Å². The Morgan fingerprint density at radius 2 is 2.23 bits per heavy atom. The van der Waals surface area contributed by atoms with Gasteiger partial charge in [0, 0.05) is 32.0 Å². The molecule has 2 atom stereocenters. The minimum Gasteiger partial charge on any atom is -0.444 e. The van der Waals surface area contributed by atoms with E-state index in [-0.39, 0.29) is 6.09 Å². The molecule has 1 amide bonds. The molecular weight excluding hydrogens is 280 g/mol. The summed E-state index contributed by atoms with van der Waals surface area (Å²) in [5.41, 5.74) is -0.449. The van der Waals surface area contributed by atoms with Gasteiger partial charge < -0.3 is 19.9 Å². The molecule has 2 unspecified atom stereocenters. The Morgan fingerprint density at radius 1 is 1.45 bits per heavy atom. The molecule has 22 heavy (non-hydrogen) atoms. The number of amides is 1. The smallest absolute Gasteiger partial charge is 0.407 e. The third-order valence-electron chi connectivity index (χ3n) is 4.01. The molecule has 6 heteroatoms. The summed E-state index contributed by atoms with van der Waals surface area (Å²) in [6.45, 7) is 7.04. The number of nitrogens with zero attached hydrogens (tertiary/aromatic N) is 2. The van der Waals surface area contributed by atoms with Gasteiger partial charge in [0.05, 0.1) is 6.54 Å². The monoisotopic (exact) mass is 308 g/mol. The van der Waals surface area contributed by atoms with Gasteiger partial charge in [-0.3, -0.25) is 0 Å². The number of aromatic nitrogens is 2. The van der Waals surface area contributed by atoms with Gasteiger partial charge in [0.2, 0.25) is 0 Å². The third kappa shape index (κ3) is 5.02. The van der Waals surface area contributed by atoms with Crippen LogP contribution in [0.4, 0.5) is 4.79 Å². The molecule has 0 bridgehead atoms. The van der Waals surface area contributed by atoms with Crippen molar-refractivity contribution in [3.8, 4) is 0 Å². The first kappa shape index (κ1) is 16.8. The SMILES string of the molecule is Cn1ccnc1CNC1CCCC1CNC(=O)OC(C)(C)C. The minimum absolute atomic E-state index is 0.331. The van der Waals surface area contributed by atoms with Crippen LogP contribution in [0.1, 0.15) is 45.9 Å². The topological polar surface area (TPSA) is 68.2 Å². The first-order valence-corrected chi connectivity index (χ1v) is 8.01. The molecule has 0 spiro atoms. The summed E-state index contributed by atoms with van der Waals surface area (Å²) in [4.78, 5) is 16.1. The number of alkyl carbamates (subject to hydrolysis) is 1. The Balaban J connectivity index is 1.76. The van der Waals surface area contributed by atoms with Gasteiger partial charge in [0.1, 0.15) is 11.4 Å². The number of hydrogen-bond acceptors (Lipinski definition) is 4. The van der Waals surface area contributed by atoms with Crippen molar-refractivity contribution in [1.82, 2.24) is 20.2 Å². The molecule has 1 aromatic heterocycles. The molecule has 0 saturated heterocycles. The average molecular weight is 308 g/mol. The molecular formula is C16H28N4O2. The molecule has 0 aliphatic heterocycles. The number of hydrogen-bond donors (Lipinski definition) is 2. The van der Waals surface area contributed by atoms with E-state index >= 15 is 0 Å². The van der Waals surface area contributed by atoms with Crippen molar-refractivity contribution >= 4 is 6.09 Å². The van der Waals surface area contributed by atoms with Crippen molar-refractivity contribution in [2.45, 2.75) is 58.2 Å². The second-order valence-electron chi connectivity index (χ2n) is 7.02. The van der Waals surface area contributed by atoms with E-state index in [9.17, 15) is 4.79 Å². The van der Waals surface area contributed by atoms with Gasteiger partial charge in [-0.2, -0.15) is 0 Å². The molecule has 0 radical (unpaired) electrons. The number of carbonyl (C=O) groups excluding carboxylic acids is 1. The van der Waals surface area contributed by atoms with Crippen molar-refractivity contribution in [3.63, 3.8) is 0 Å². The molecule has 1 saturated carbocycles. The number of ether oxygens (including phenoxy) is 1. The fourth-order valence-electron chi connectivity index (χ4n) is 2.87. The fraction of sp³-hybridized carbons (Fsp3) is 0.750. The highest BCUT2D eigenvalue weighted by Gasteiger charge is 2.28. The van der Waals surface area contributed by atoms with E-state index < -0.39 is 5.60 Å². The van der Waals surface area contributed by atoms with Gasteiger partial charge in [-0.1, -0.05) is 6.42 Å². The van der Waals surface area contributed by atoms with E-state index in [0.29, 0.717) is 18.5 Å². The predicted molar refractivity (Wildman–Crippen MR) is 85.4 cm³/mol. The highest BCUT2D eigenvalue weighted by molar-refractivity contribution is 5.67. The number of carbonyl (C=O) groups is 1. The van der Waals surface area contributed by atoms with Crippen LogP contribution >= 0.6 is 0 Å². The number of imidazole rings is 1. The van der Waals surface area contributed by atoms with Crippen LogP contribution in [0.5, 0.6) is 0 Å². The highest BCUT2D eigenvalue weighted by atomic mass is 16.6. The van der Waals surface area contributed by atoms with Crippen LogP contribution < -0.4 is 10.6 Å². The van der Waals surface area contributed by atoms with Crippen LogP contribution in [0.2, 0.25) is 0 Å². The lowest BCUT2D eigenvalue weighted by atomic mass is 10.0.